The Morgan fingerprint density at radius 3 is 2.56 bits per heavy atom. The van der Waals surface area contributed by atoms with Crippen molar-refractivity contribution in [3.63, 3.8) is 0 Å². The zero-order chi connectivity index (χ0) is 23.5. The van der Waals surface area contributed by atoms with E-state index >= 15 is 0 Å². The molecule has 2 aromatic carbocycles. The molecule has 0 bridgehead atoms. The van der Waals surface area contributed by atoms with Gasteiger partial charge in [-0.3, -0.25) is 9.55 Å². The molecule has 0 aliphatic rings. The van der Waals surface area contributed by atoms with Crippen LogP contribution in [0.2, 0.25) is 0 Å². The third-order valence-electron chi connectivity index (χ3n) is 5.25. The summed E-state index contributed by atoms with van der Waals surface area (Å²) in [7, 11) is 0. The van der Waals surface area contributed by atoms with Gasteiger partial charge in [0.1, 0.15) is 5.82 Å². The number of nitrogens with zero attached hydrogens (tertiary/aromatic N) is 6. The largest absolute Gasteiger partial charge is 0.338 e. The van der Waals surface area contributed by atoms with Gasteiger partial charge in [0.05, 0.1) is 11.4 Å². The highest BCUT2D eigenvalue weighted by atomic mass is 32.2. The van der Waals surface area contributed by atoms with Crippen molar-refractivity contribution >= 4 is 11.8 Å². The van der Waals surface area contributed by atoms with Crippen molar-refractivity contribution in [1.82, 2.24) is 29.9 Å². The second kappa shape index (κ2) is 9.56. The number of para-hydroxylation sites is 1. The van der Waals surface area contributed by atoms with Crippen LogP contribution >= 0.6 is 11.8 Å². The first-order valence-electron chi connectivity index (χ1n) is 10.8. The molecule has 0 radical (unpaired) electrons. The molecular weight excluding hydrogens is 451 g/mol. The van der Waals surface area contributed by atoms with E-state index in [9.17, 15) is 4.39 Å². The quantitative estimate of drug-likeness (QED) is 0.271. The first-order chi connectivity index (χ1) is 16.6. The van der Waals surface area contributed by atoms with E-state index < -0.39 is 0 Å². The minimum absolute atomic E-state index is 0.312. The molecule has 7 nitrogen and oxygen atoms in total. The van der Waals surface area contributed by atoms with Crippen LogP contribution in [0.1, 0.15) is 31.2 Å². The maximum Gasteiger partial charge on any atom is 0.237 e. The molecule has 0 N–H and O–H groups in total. The van der Waals surface area contributed by atoms with Crippen LogP contribution in [0, 0.1) is 5.82 Å². The fourth-order valence-corrected chi connectivity index (χ4v) is 4.38. The van der Waals surface area contributed by atoms with Crippen LogP contribution in [0.3, 0.4) is 0 Å². The van der Waals surface area contributed by atoms with Crippen LogP contribution < -0.4 is 0 Å². The molecule has 5 rings (SSSR count). The van der Waals surface area contributed by atoms with E-state index in [1.165, 1.54) is 29.5 Å². The lowest BCUT2D eigenvalue weighted by Crippen LogP contribution is -2.05. The first-order valence-corrected chi connectivity index (χ1v) is 11.7. The molecule has 0 amide bonds. The Kier molecular flexibility index (Phi) is 6.18. The van der Waals surface area contributed by atoms with Crippen LogP contribution in [-0.4, -0.2) is 29.9 Å². The molecule has 0 saturated heterocycles. The lowest BCUT2D eigenvalue weighted by molar-refractivity contribution is 0.391. The van der Waals surface area contributed by atoms with Crippen molar-refractivity contribution in [3.8, 4) is 28.5 Å². The zero-order valence-electron chi connectivity index (χ0n) is 18.6. The fraction of sp³-hybridized carbons (Fsp3) is 0.160. The average Bonchev–Trinajstić information content (AvgIpc) is 3.51. The summed E-state index contributed by atoms with van der Waals surface area (Å²) in [5, 5.41) is 13.7. The minimum Gasteiger partial charge on any atom is -0.338 e. The SMILES string of the molecule is CC(C)c1ccccc1-n1c(SCc2nc(-c3ccc(F)cc3)no2)nnc1-c1cccnc1. The third kappa shape index (κ3) is 4.47. The molecular formula is C25H21FN6OS. The van der Waals surface area contributed by atoms with Gasteiger partial charge in [-0.05, 0) is 53.9 Å². The number of hydrogen-bond donors (Lipinski definition) is 0. The second-order valence-corrected chi connectivity index (χ2v) is 8.85. The smallest absolute Gasteiger partial charge is 0.237 e. The highest BCUT2D eigenvalue weighted by molar-refractivity contribution is 7.98. The molecule has 0 atom stereocenters. The number of hydrogen-bond acceptors (Lipinski definition) is 7. The second-order valence-electron chi connectivity index (χ2n) is 7.90. The first kappa shape index (κ1) is 22.0. The molecule has 0 unspecified atom stereocenters. The average molecular weight is 473 g/mol. The molecule has 34 heavy (non-hydrogen) atoms. The highest BCUT2D eigenvalue weighted by Crippen LogP contribution is 2.33. The van der Waals surface area contributed by atoms with Gasteiger partial charge in [0, 0.05) is 23.5 Å². The molecule has 0 fully saturated rings. The van der Waals surface area contributed by atoms with Crippen LogP contribution in [0.4, 0.5) is 4.39 Å². The third-order valence-corrected chi connectivity index (χ3v) is 6.16. The summed E-state index contributed by atoms with van der Waals surface area (Å²) >= 11 is 1.45. The fourth-order valence-electron chi connectivity index (χ4n) is 3.60. The molecule has 0 aliphatic heterocycles. The Balaban J connectivity index is 1.48. The Hall–Kier alpha value is -3.85. The topological polar surface area (TPSA) is 82.5 Å². The molecule has 3 aromatic heterocycles. The van der Waals surface area contributed by atoms with E-state index in [0.717, 1.165) is 11.3 Å². The van der Waals surface area contributed by atoms with Crippen molar-refractivity contribution in [1.29, 1.82) is 0 Å². The van der Waals surface area contributed by atoms with Crippen molar-refractivity contribution in [3.05, 3.63) is 90.3 Å². The van der Waals surface area contributed by atoms with E-state index in [4.69, 9.17) is 4.52 Å². The molecule has 0 spiro atoms. The number of benzene rings is 2. The van der Waals surface area contributed by atoms with E-state index in [1.807, 2.05) is 28.8 Å². The Bertz CT molecular complexity index is 1400. The van der Waals surface area contributed by atoms with E-state index in [0.29, 0.717) is 39.9 Å². The van der Waals surface area contributed by atoms with Gasteiger partial charge in [0.25, 0.3) is 0 Å². The standard InChI is InChI=1S/C25H21FN6OS/c1-16(2)20-7-3-4-8-21(20)32-24(18-6-5-13-27-14-18)29-30-25(32)34-15-22-28-23(31-33-22)17-9-11-19(26)12-10-17/h3-14,16H,15H2,1-2H3. The number of halogens is 1. The lowest BCUT2D eigenvalue weighted by atomic mass is 10.0. The molecule has 3 heterocycles. The number of rotatable bonds is 7. The summed E-state index contributed by atoms with van der Waals surface area (Å²) in [5.74, 6) is 1.97. The summed E-state index contributed by atoms with van der Waals surface area (Å²) in [5.41, 5.74) is 3.76. The van der Waals surface area contributed by atoms with Gasteiger partial charge in [-0.15, -0.1) is 10.2 Å². The summed E-state index contributed by atoms with van der Waals surface area (Å²) in [4.78, 5) is 8.70. The Morgan fingerprint density at radius 2 is 1.79 bits per heavy atom. The van der Waals surface area contributed by atoms with Gasteiger partial charge < -0.3 is 4.52 Å². The molecule has 0 aliphatic carbocycles. The van der Waals surface area contributed by atoms with Crippen LogP contribution in [0.25, 0.3) is 28.5 Å². The van der Waals surface area contributed by atoms with Gasteiger partial charge in [-0.25, -0.2) is 4.39 Å². The van der Waals surface area contributed by atoms with E-state index in [-0.39, 0.29) is 5.82 Å². The van der Waals surface area contributed by atoms with E-state index in [2.05, 4.69) is 51.3 Å². The van der Waals surface area contributed by atoms with Crippen LogP contribution in [-0.2, 0) is 5.75 Å². The highest BCUT2D eigenvalue weighted by Gasteiger charge is 2.20. The maximum absolute atomic E-state index is 13.2. The predicted molar refractivity (Wildman–Crippen MR) is 128 cm³/mol. The van der Waals surface area contributed by atoms with Crippen LogP contribution in [0.15, 0.2) is 82.7 Å². The van der Waals surface area contributed by atoms with Gasteiger partial charge in [0.15, 0.2) is 11.0 Å². The maximum atomic E-state index is 13.2. The summed E-state index contributed by atoms with van der Waals surface area (Å²) in [6, 6.07) is 18.1. The summed E-state index contributed by atoms with van der Waals surface area (Å²) in [6.07, 6.45) is 3.51. The van der Waals surface area contributed by atoms with E-state index in [1.54, 1.807) is 24.5 Å². The Morgan fingerprint density at radius 1 is 0.971 bits per heavy atom. The van der Waals surface area contributed by atoms with Crippen molar-refractivity contribution < 1.29 is 8.91 Å². The van der Waals surface area contributed by atoms with Gasteiger partial charge in [-0.2, -0.15) is 4.98 Å². The number of aromatic nitrogens is 6. The van der Waals surface area contributed by atoms with Gasteiger partial charge >= 0.3 is 0 Å². The lowest BCUT2D eigenvalue weighted by Gasteiger charge is -2.16. The monoisotopic (exact) mass is 472 g/mol. The normalized spacial score (nSPS) is 11.3. The molecule has 5 aromatic rings. The molecule has 0 saturated carbocycles. The van der Waals surface area contributed by atoms with Gasteiger partial charge in [-0.1, -0.05) is 49.0 Å². The van der Waals surface area contributed by atoms with Crippen LogP contribution in [0.5, 0.6) is 0 Å². The van der Waals surface area contributed by atoms with Crippen molar-refractivity contribution in [2.24, 2.45) is 0 Å². The minimum atomic E-state index is -0.312. The number of pyridine rings is 1. The zero-order valence-corrected chi connectivity index (χ0v) is 19.4. The van der Waals surface area contributed by atoms with Gasteiger partial charge in [0.2, 0.25) is 11.7 Å². The number of thioether (sulfide) groups is 1. The van der Waals surface area contributed by atoms with Crippen molar-refractivity contribution in [2.45, 2.75) is 30.7 Å². The molecule has 9 heteroatoms. The predicted octanol–water partition coefficient (Wildman–Crippen LogP) is 5.93. The summed E-state index contributed by atoms with van der Waals surface area (Å²) in [6.45, 7) is 4.32. The van der Waals surface area contributed by atoms with Crippen molar-refractivity contribution in [2.75, 3.05) is 0 Å². The Labute approximate surface area is 200 Å². The summed E-state index contributed by atoms with van der Waals surface area (Å²) < 4.78 is 20.7. The molecule has 170 valence electrons.